The number of hydrogen-bond donors (Lipinski definition) is 3. The van der Waals surface area contributed by atoms with Crippen LogP contribution in [0.4, 0.5) is 0 Å². The van der Waals surface area contributed by atoms with Gasteiger partial charge in [0.15, 0.2) is 0 Å². The van der Waals surface area contributed by atoms with E-state index in [1.807, 2.05) is 47.2 Å². The molecule has 0 heterocycles. The number of amides is 1. The molecule has 3 rings (SSSR count). The van der Waals surface area contributed by atoms with Crippen molar-refractivity contribution >= 4 is 26.7 Å². The van der Waals surface area contributed by atoms with Crippen molar-refractivity contribution in [1.29, 1.82) is 0 Å². The first-order valence-electron chi connectivity index (χ1n) is 9.46. The molecular weight excluding hydrogens is 406 g/mol. The zero-order valence-corrected chi connectivity index (χ0v) is 17.0. The van der Waals surface area contributed by atoms with Crippen LogP contribution < -0.4 is 9.46 Å². The number of rotatable bonds is 9. The normalized spacial score (nSPS) is 12.5. The van der Waals surface area contributed by atoms with Gasteiger partial charge in [0, 0.05) is 6.61 Å². The van der Waals surface area contributed by atoms with Gasteiger partial charge in [-0.2, -0.15) is 0 Å². The highest BCUT2D eigenvalue weighted by molar-refractivity contribution is 7.90. The molecule has 1 atom stereocenters. The number of aliphatic hydroxyl groups excluding tert-OH is 2. The fraction of sp³-hybridized carbons (Fsp3) is 0.227. The predicted octanol–water partition coefficient (Wildman–Crippen LogP) is 2.36. The summed E-state index contributed by atoms with van der Waals surface area (Å²) in [4.78, 5) is 11.7. The highest BCUT2D eigenvalue weighted by Gasteiger charge is 2.22. The Kier molecular flexibility index (Phi) is 7.04. The number of hydrogen-bond acceptors (Lipinski definition) is 6. The molecule has 0 aliphatic rings. The lowest BCUT2D eigenvalue weighted by Gasteiger charge is -2.12. The summed E-state index contributed by atoms with van der Waals surface area (Å²) in [5, 5.41) is 20.6. The van der Waals surface area contributed by atoms with E-state index in [2.05, 4.69) is 0 Å². The van der Waals surface area contributed by atoms with Gasteiger partial charge in [-0.15, -0.1) is 0 Å². The lowest BCUT2D eigenvalue weighted by Crippen LogP contribution is -2.38. The molecule has 0 bridgehead atoms. The van der Waals surface area contributed by atoms with E-state index in [9.17, 15) is 18.3 Å². The van der Waals surface area contributed by atoms with Gasteiger partial charge in [-0.05, 0) is 53.4 Å². The Balaban J connectivity index is 1.65. The molecular formula is C22H23NO6S. The van der Waals surface area contributed by atoms with Crippen LogP contribution in [0, 0.1) is 0 Å². The Bertz CT molecular complexity index is 1110. The SMILES string of the molecule is O=C(NS(=O)(=O)c1ccc(OCc2cccc3ccccc23)cc1)[C@H](O)CCCO. The average molecular weight is 429 g/mol. The molecule has 0 unspecified atom stereocenters. The lowest BCUT2D eigenvalue weighted by molar-refractivity contribution is -0.127. The Hall–Kier alpha value is -2.94. The van der Waals surface area contributed by atoms with Gasteiger partial charge in [-0.25, -0.2) is 13.1 Å². The Morgan fingerprint density at radius 2 is 1.70 bits per heavy atom. The highest BCUT2D eigenvalue weighted by Crippen LogP contribution is 2.22. The van der Waals surface area contributed by atoms with Gasteiger partial charge in [0.25, 0.3) is 15.9 Å². The zero-order chi connectivity index (χ0) is 21.6. The molecule has 0 aliphatic heterocycles. The molecule has 0 saturated heterocycles. The molecule has 0 aliphatic carbocycles. The number of benzene rings is 3. The third kappa shape index (κ3) is 5.35. The number of sulfonamides is 1. The van der Waals surface area contributed by atoms with Crippen LogP contribution in [0.1, 0.15) is 18.4 Å². The third-order valence-corrected chi connectivity index (χ3v) is 5.94. The second kappa shape index (κ2) is 9.71. The molecule has 30 heavy (non-hydrogen) atoms. The van der Waals surface area contributed by atoms with E-state index < -0.39 is 22.0 Å². The van der Waals surface area contributed by atoms with Crippen molar-refractivity contribution in [2.24, 2.45) is 0 Å². The van der Waals surface area contributed by atoms with Crippen LogP contribution >= 0.6 is 0 Å². The second-order valence-corrected chi connectivity index (χ2v) is 8.43. The maximum Gasteiger partial charge on any atom is 0.264 e. The van der Waals surface area contributed by atoms with Gasteiger partial charge in [0.05, 0.1) is 4.90 Å². The topological polar surface area (TPSA) is 113 Å². The number of ether oxygens (including phenoxy) is 1. The van der Waals surface area contributed by atoms with Crippen LogP contribution in [-0.2, 0) is 21.4 Å². The first kappa shape index (κ1) is 21.8. The number of nitrogens with one attached hydrogen (secondary N) is 1. The van der Waals surface area contributed by atoms with Gasteiger partial charge < -0.3 is 14.9 Å². The van der Waals surface area contributed by atoms with E-state index in [0.29, 0.717) is 12.4 Å². The summed E-state index contributed by atoms with van der Waals surface area (Å²) in [5.74, 6) is -0.545. The van der Waals surface area contributed by atoms with E-state index in [-0.39, 0.29) is 24.3 Å². The maximum atomic E-state index is 12.3. The maximum absolute atomic E-state index is 12.3. The molecule has 0 spiro atoms. The van der Waals surface area contributed by atoms with Gasteiger partial charge in [0.1, 0.15) is 18.5 Å². The van der Waals surface area contributed by atoms with Crippen LogP contribution in [0.3, 0.4) is 0 Å². The Morgan fingerprint density at radius 1 is 1.00 bits per heavy atom. The molecule has 0 saturated carbocycles. The monoisotopic (exact) mass is 429 g/mol. The van der Waals surface area contributed by atoms with Crippen LogP contribution in [0.25, 0.3) is 10.8 Å². The van der Waals surface area contributed by atoms with E-state index in [4.69, 9.17) is 9.84 Å². The summed E-state index contributed by atoms with van der Waals surface area (Å²) in [6, 6.07) is 19.6. The van der Waals surface area contributed by atoms with Crippen molar-refractivity contribution in [3.8, 4) is 5.75 Å². The minimum atomic E-state index is -4.12. The number of aliphatic hydroxyl groups is 2. The number of carbonyl (C=O) groups is 1. The van der Waals surface area contributed by atoms with Crippen molar-refractivity contribution in [3.63, 3.8) is 0 Å². The number of fused-ring (bicyclic) bond motifs is 1. The van der Waals surface area contributed by atoms with Crippen molar-refractivity contribution in [2.45, 2.75) is 30.4 Å². The number of carbonyl (C=O) groups excluding carboxylic acids is 1. The fourth-order valence-corrected chi connectivity index (χ4v) is 3.98. The first-order valence-corrected chi connectivity index (χ1v) is 10.9. The summed E-state index contributed by atoms with van der Waals surface area (Å²) < 4.78 is 32.3. The van der Waals surface area contributed by atoms with E-state index in [1.165, 1.54) is 24.3 Å². The summed E-state index contributed by atoms with van der Waals surface area (Å²) >= 11 is 0. The first-order chi connectivity index (χ1) is 14.4. The van der Waals surface area contributed by atoms with Crippen LogP contribution in [0.5, 0.6) is 5.75 Å². The van der Waals surface area contributed by atoms with Gasteiger partial charge in [-0.1, -0.05) is 42.5 Å². The van der Waals surface area contributed by atoms with Crippen molar-refractivity contribution < 1.29 is 28.2 Å². The summed E-state index contributed by atoms with van der Waals surface area (Å²) in [7, 11) is -4.12. The fourth-order valence-electron chi connectivity index (χ4n) is 2.97. The quantitative estimate of drug-likeness (QED) is 0.481. The summed E-state index contributed by atoms with van der Waals surface area (Å²) in [6.07, 6.45) is -1.34. The average Bonchev–Trinajstić information content (AvgIpc) is 2.76. The lowest BCUT2D eigenvalue weighted by atomic mass is 10.1. The summed E-state index contributed by atoms with van der Waals surface area (Å²) in [5.41, 5.74) is 1.01. The summed E-state index contributed by atoms with van der Waals surface area (Å²) in [6.45, 7) is 0.124. The molecule has 3 aromatic rings. The second-order valence-electron chi connectivity index (χ2n) is 6.75. The Labute approximate surface area is 175 Å². The van der Waals surface area contributed by atoms with Gasteiger partial charge in [-0.3, -0.25) is 4.79 Å². The molecule has 8 heteroatoms. The van der Waals surface area contributed by atoms with Crippen LogP contribution in [0.15, 0.2) is 71.6 Å². The van der Waals surface area contributed by atoms with Gasteiger partial charge in [0.2, 0.25) is 0 Å². The Morgan fingerprint density at radius 3 is 2.43 bits per heavy atom. The highest BCUT2D eigenvalue weighted by atomic mass is 32.2. The molecule has 3 N–H and O–H groups in total. The molecule has 1 amide bonds. The molecule has 7 nitrogen and oxygen atoms in total. The van der Waals surface area contributed by atoms with Crippen LogP contribution in [-0.4, -0.2) is 37.2 Å². The zero-order valence-electron chi connectivity index (χ0n) is 16.2. The smallest absolute Gasteiger partial charge is 0.264 e. The predicted molar refractivity (Wildman–Crippen MR) is 112 cm³/mol. The van der Waals surface area contributed by atoms with E-state index in [0.717, 1.165) is 16.3 Å². The van der Waals surface area contributed by atoms with Crippen molar-refractivity contribution in [2.75, 3.05) is 6.61 Å². The molecule has 158 valence electrons. The molecule has 0 radical (unpaired) electrons. The van der Waals surface area contributed by atoms with Crippen LogP contribution in [0.2, 0.25) is 0 Å². The molecule has 0 fully saturated rings. The standard InChI is InChI=1S/C22H23NO6S/c24-14-4-9-21(25)22(26)23-30(27,28)19-12-10-18(11-13-19)29-15-17-7-3-6-16-5-1-2-8-20(16)17/h1-3,5-8,10-13,21,24-25H,4,9,14-15H2,(H,23,26)/t21-/m1/s1. The van der Waals surface area contributed by atoms with Gasteiger partial charge >= 0.3 is 0 Å². The minimum absolute atomic E-state index is 0.0290. The van der Waals surface area contributed by atoms with E-state index >= 15 is 0 Å². The minimum Gasteiger partial charge on any atom is -0.489 e. The van der Waals surface area contributed by atoms with E-state index in [1.54, 1.807) is 0 Å². The van der Waals surface area contributed by atoms with Crippen molar-refractivity contribution in [1.82, 2.24) is 4.72 Å². The largest absolute Gasteiger partial charge is 0.489 e. The molecule has 3 aromatic carbocycles. The molecule has 0 aromatic heterocycles. The van der Waals surface area contributed by atoms with Crippen molar-refractivity contribution in [3.05, 3.63) is 72.3 Å². The third-order valence-electron chi connectivity index (χ3n) is 4.58.